The first-order chi connectivity index (χ1) is 15.5. The molecule has 1 aromatic heterocycles. The van der Waals surface area contributed by atoms with Gasteiger partial charge in [-0.1, -0.05) is 36.0 Å². The lowest BCUT2D eigenvalue weighted by atomic mass is 10.2. The average molecular weight is 449 g/mol. The maximum absolute atomic E-state index is 13.2. The van der Waals surface area contributed by atoms with Crippen molar-refractivity contribution in [3.05, 3.63) is 90.0 Å². The first kappa shape index (κ1) is 21.7. The van der Waals surface area contributed by atoms with Crippen molar-refractivity contribution in [2.24, 2.45) is 4.99 Å². The molecule has 0 aliphatic carbocycles. The highest BCUT2D eigenvalue weighted by atomic mass is 32.2. The smallest absolute Gasteiger partial charge is 0.243 e. The van der Waals surface area contributed by atoms with Gasteiger partial charge in [0, 0.05) is 18.3 Å². The standard InChI is InChI=1S/C24H21FN4O2S/c1-16-6-2-3-8-20(16)28-24-29(15-19-7-4-5-13-26-19)23(31)21(32-24)14-22(30)27-18-11-9-17(25)10-12-18/h2-13,21H,14-15H2,1H3,(H,27,30). The summed E-state index contributed by atoms with van der Waals surface area (Å²) in [6.07, 6.45) is 1.65. The number of halogens is 1. The third-order valence-corrected chi connectivity index (χ3v) is 6.07. The Kier molecular flexibility index (Phi) is 6.61. The van der Waals surface area contributed by atoms with Crippen molar-refractivity contribution in [2.45, 2.75) is 25.1 Å². The number of pyridine rings is 1. The number of thioether (sulfide) groups is 1. The second-order valence-electron chi connectivity index (χ2n) is 7.29. The molecule has 1 atom stereocenters. The molecular weight excluding hydrogens is 427 g/mol. The van der Waals surface area contributed by atoms with Crippen LogP contribution < -0.4 is 5.32 Å². The van der Waals surface area contributed by atoms with Crippen molar-refractivity contribution in [3.8, 4) is 0 Å². The van der Waals surface area contributed by atoms with Crippen LogP contribution in [0.1, 0.15) is 17.7 Å². The summed E-state index contributed by atoms with van der Waals surface area (Å²) in [5.41, 5.74) is 2.97. The Balaban J connectivity index is 1.55. The summed E-state index contributed by atoms with van der Waals surface area (Å²) in [5.74, 6) is -0.897. The number of nitrogens with zero attached hydrogens (tertiary/aromatic N) is 3. The predicted molar refractivity (Wildman–Crippen MR) is 124 cm³/mol. The minimum atomic E-state index is -0.609. The third kappa shape index (κ3) is 5.20. The van der Waals surface area contributed by atoms with Crippen LogP contribution in [0.2, 0.25) is 0 Å². The molecule has 8 heteroatoms. The number of benzene rings is 2. The van der Waals surface area contributed by atoms with E-state index in [0.717, 1.165) is 16.9 Å². The lowest BCUT2D eigenvalue weighted by Crippen LogP contribution is -2.33. The number of carbonyl (C=O) groups is 2. The number of aliphatic imine (C=N–C) groups is 1. The highest BCUT2D eigenvalue weighted by Crippen LogP contribution is 2.33. The van der Waals surface area contributed by atoms with Gasteiger partial charge >= 0.3 is 0 Å². The van der Waals surface area contributed by atoms with Crippen molar-refractivity contribution in [1.29, 1.82) is 0 Å². The minimum absolute atomic E-state index is 0.0214. The molecule has 0 saturated carbocycles. The van der Waals surface area contributed by atoms with Crippen LogP contribution in [0.25, 0.3) is 0 Å². The van der Waals surface area contributed by atoms with Gasteiger partial charge in [0.05, 0.1) is 17.9 Å². The van der Waals surface area contributed by atoms with Crippen LogP contribution in [0.15, 0.2) is 77.9 Å². The number of amides is 2. The molecule has 1 unspecified atom stereocenters. The van der Waals surface area contributed by atoms with E-state index in [0.29, 0.717) is 10.9 Å². The lowest BCUT2D eigenvalue weighted by Gasteiger charge is -2.16. The van der Waals surface area contributed by atoms with E-state index in [1.54, 1.807) is 11.1 Å². The monoisotopic (exact) mass is 448 g/mol. The van der Waals surface area contributed by atoms with E-state index in [4.69, 9.17) is 4.99 Å². The van der Waals surface area contributed by atoms with E-state index in [1.807, 2.05) is 49.4 Å². The second-order valence-corrected chi connectivity index (χ2v) is 8.46. The fourth-order valence-corrected chi connectivity index (χ4v) is 4.38. The van der Waals surface area contributed by atoms with Crippen molar-refractivity contribution >= 4 is 40.1 Å². The summed E-state index contributed by atoms with van der Waals surface area (Å²) in [7, 11) is 0. The molecule has 162 valence electrons. The summed E-state index contributed by atoms with van der Waals surface area (Å²) in [5, 5.41) is 2.64. The molecule has 2 amide bonds. The summed E-state index contributed by atoms with van der Waals surface area (Å²) >= 11 is 1.27. The Labute approximate surface area is 189 Å². The molecule has 1 saturated heterocycles. The zero-order valence-electron chi connectivity index (χ0n) is 17.4. The van der Waals surface area contributed by atoms with Crippen LogP contribution in [0.4, 0.5) is 15.8 Å². The first-order valence-electron chi connectivity index (χ1n) is 10.1. The largest absolute Gasteiger partial charge is 0.326 e. The van der Waals surface area contributed by atoms with Gasteiger partial charge < -0.3 is 5.32 Å². The number of amidine groups is 1. The quantitative estimate of drug-likeness (QED) is 0.594. The number of hydrogen-bond acceptors (Lipinski definition) is 5. The van der Waals surface area contributed by atoms with E-state index in [9.17, 15) is 14.0 Å². The van der Waals surface area contributed by atoms with Crippen LogP contribution in [0.3, 0.4) is 0 Å². The Bertz CT molecular complexity index is 1150. The van der Waals surface area contributed by atoms with Crippen LogP contribution in [-0.2, 0) is 16.1 Å². The van der Waals surface area contributed by atoms with Gasteiger partial charge in [-0.25, -0.2) is 9.38 Å². The Morgan fingerprint density at radius 2 is 1.88 bits per heavy atom. The van der Waals surface area contributed by atoms with Crippen molar-refractivity contribution in [3.63, 3.8) is 0 Å². The van der Waals surface area contributed by atoms with Gasteiger partial charge in [0.25, 0.3) is 0 Å². The number of para-hydroxylation sites is 1. The number of hydrogen-bond donors (Lipinski definition) is 1. The molecule has 3 aromatic rings. The van der Waals surface area contributed by atoms with Crippen molar-refractivity contribution < 1.29 is 14.0 Å². The van der Waals surface area contributed by atoms with Crippen LogP contribution in [0.5, 0.6) is 0 Å². The molecule has 0 radical (unpaired) electrons. The average Bonchev–Trinajstić information content (AvgIpc) is 3.06. The van der Waals surface area contributed by atoms with E-state index in [-0.39, 0.29) is 30.6 Å². The molecule has 32 heavy (non-hydrogen) atoms. The van der Waals surface area contributed by atoms with Gasteiger partial charge in [-0.3, -0.25) is 19.5 Å². The van der Waals surface area contributed by atoms with E-state index >= 15 is 0 Å². The number of anilines is 1. The molecule has 0 bridgehead atoms. The Hall–Kier alpha value is -3.52. The number of nitrogens with one attached hydrogen (secondary N) is 1. The number of aryl methyl sites for hydroxylation is 1. The van der Waals surface area contributed by atoms with Gasteiger partial charge in [0.15, 0.2) is 5.17 Å². The first-order valence-corrected chi connectivity index (χ1v) is 11.0. The predicted octanol–water partition coefficient (Wildman–Crippen LogP) is 4.69. The summed E-state index contributed by atoms with van der Waals surface area (Å²) in [6.45, 7) is 2.23. The highest BCUT2D eigenvalue weighted by Gasteiger charge is 2.39. The summed E-state index contributed by atoms with van der Waals surface area (Å²) in [6, 6.07) is 18.7. The molecule has 4 rings (SSSR count). The zero-order chi connectivity index (χ0) is 22.5. The Morgan fingerprint density at radius 3 is 2.59 bits per heavy atom. The lowest BCUT2D eigenvalue weighted by molar-refractivity contribution is -0.128. The molecule has 6 nitrogen and oxygen atoms in total. The molecule has 2 aromatic carbocycles. The Morgan fingerprint density at radius 1 is 1.12 bits per heavy atom. The van der Waals surface area contributed by atoms with E-state index in [2.05, 4.69) is 10.3 Å². The third-order valence-electron chi connectivity index (χ3n) is 4.90. The molecule has 1 aliphatic heterocycles. The zero-order valence-corrected chi connectivity index (χ0v) is 18.2. The van der Waals surface area contributed by atoms with Gasteiger partial charge in [0.2, 0.25) is 11.8 Å². The van der Waals surface area contributed by atoms with E-state index < -0.39 is 5.25 Å². The maximum Gasteiger partial charge on any atom is 0.243 e. The minimum Gasteiger partial charge on any atom is -0.326 e. The fourth-order valence-electron chi connectivity index (χ4n) is 3.23. The second kappa shape index (κ2) is 9.74. The highest BCUT2D eigenvalue weighted by molar-refractivity contribution is 8.15. The molecule has 1 fully saturated rings. The van der Waals surface area contributed by atoms with Crippen LogP contribution in [0, 0.1) is 12.7 Å². The summed E-state index contributed by atoms with van der Waals surface area (Å²) in [4.78, 5) is 36.4. The molecule has 0 spiro atoms. The molecule has 1 aliphatic rings. The molecule has 2 heterocycles. The van der Waals surface area contributed by atoms with Gasteiger partial charge in [0.1, 0.15) is 11.1 Å². The summed E-state index contributed by atoms with van der Waals surface area (Å²) < 4.78 is 13.1. The number of carbonyl (C=O) groups excluding carboxylic acids is 2. The number of aromatic nitrogens is 1. The molecular formula is C24H21FN4O2S. The number of rotatable bonds is 6. The SMILES string of the molecule is Cc1ccccc1N=C1SC(CC(=O)Nc2ccc(F)cc2)C(=O)N1Cc1ccccn1. The van der Waals surface area contributed by atoms with Crippen LogP contribution >= 0.6 is 11.8 Å². The fraction of sp³-hybridized carbons (Fsp3) is 0.167. The van der Waals surface area contributed by atoms with Gasteiger partial charge in [-0.15, -0.1) is 0 Å². The van der Waals surface area contributed by atoms with E-state index in [1.165, 1.54) is 36.0 Å². The maximum atomic E-state index is 13.2. The molecule has 1 N–H and O–H groups in total. The van der Waals surface area contributed by atoms with Gasteiger partial charge in [-0.2, -0.15) is 0 Å². The van der Waals surface area contributed by atoms with Crippen molar-refractivity contribution in [2.75, 3.05) is 5.32 Å². The normalized spacial score (nSPS) is 17.1. The van der Waals surface area contributed by atoms with Crippen LogP contribution in [-0.4, -0.2) is 32.1 Å². The van der Waals surface area contributed by atoms with Gasteiger partial charge in [-0.05, 0) is 55.0 Å². The van der Waals surface area contributed by atoms with Crippen molar-refractivity contribution in [1.82, 2.24) is 9.88 Å². The topological polar surface area (TPSA) is 74.7 Å².